The lowest BCUT2D eigenvalue weighted by atomic mass is 10.0. The number of amides is 2. The minimum Gasteiger partial charge on any atom is -0.484 e. The summed E-state index contributed by atoms with van der Waals surface area (Å²) in [7, 11) is 0. The van der Waals surface area contributed by atoms with Gasteiger partial charge in [-0.05, 0) is 67.6 Å². The maximum Gasteiger partial charge on any atom is 0.258 e. The number of nitrogens with one attached hydrogen (secondary N) is 2. The number of carbonyl (C=O) groups is 2. The van der Waals surface area contributed by atoms with Gasteiger partial charge in [-0.1, -0.05) is 53.7 Å². The fraction of sp³-hybridized carbons (Fsp3) is 0.385. The second-order valence-electron chi connectivity index (χ2n) is 8.68. The highest BCUT2D eigenvalue weighted by Gasteiger charge is 2.15. The molecular weight excluding hydrogens is 542 g/mol. The third-order valence-electron chi connectivity index (χ3n) is 5.56. The van der Waals surface area contributed by atoms with Crippen molar-refractivity contribution in [2.75, 3.05) is 17.7 Å². The quantitative estimate of drug-likeness (QED) is 0.305. The molecular formula is C26H32BrN5O3S. The van der Waals surface area contributed by atoms with E-state index in [-0.39, 0.29) is 30.7 Å². The average Bonchev–Trinajstić information content (AvgIpc) is 3.24. The SMILES string of the molecule is CCn1c(CNC(=O)COc2ccc(C(C)C)cc2)nnc1SCC(=O)Nc1c(C)cc(Br)cc1C. The van der Waals surface area contributed by atoms with Crippen molar-refractivity contribution in [1.82, 2.24) is 20.1 Å². The Morgan fingerprint density at radius 2 is 1.75 bits per heavy atom. The van der Waals surface area contributed by atoms with Gasteiger partial charge < -0.3 is 19.9 Å². The van der Waals surface area contributed by atoms with Gasteiger partial charge in [-0.2, -0.15) is 0 Å². The molecule has 2 aromatic carbocycles. The molecule has 0 saturated heterocycles. The molecule has 36 heavy (non-hydrogen) atoms. The Morgan fingerprint density at radius 1 is 1.08 bits per heavy atom. The number of anilines is 1. The molecule has 0 aliphatic rings. The van der Waals surface area contributed by atoms with Gasteiger partial charge in [-0.15, -0.1) is 10.2 Å². The number of aryl methyl sites for hydroxylation is 2. The Morgan fingerprint density at radius 3 is 2.36 bits per heavy atom. The van der Waals surface area contributed by atoms with Crippen LogP contribution in [0.5, 0.6) is 5.75 Å². The molecule has 1 heterocycles. The van der Waals surface area contributed by atoms with Crippen molar-refractivity contribution >= 4 is 45.2 Å². The molecule has 3 rings (SSSR count). The number of halogens is 1. The molecule has 10 heteroatoms. The number of rotatable bonds is 11. The highest BCUT2D eigenvalue weighted by Crippen LogP contribution is 2.26. The maximum atomic E-state index is 12.6. The van der Waals surface area contributed by atoms with Crippen LogP contribution in [0.4, 0.5) is 5.69 Å². The topological polar surface area (TPSA) is 98.1 Å². The molecule has 8 nitrogen and oxygen atoms in total. The van der Waals surface area contributed by atoms with E-state index in [0.717, 1.165) is 21.3 Å². The van der Waals surface area contributed by atoms with Crippen molar-refractivity contribution in [3.63, 3.8) is 0 Å². The molecule has 0 unspecified atom stereocenters. The summed E-state index contributed by atoms with van der Waals surface area (Å²) in [5.41, 5.74) is 4.02. The molecule has 0 aliphatic carbocycles. The number of carbonyl (C=O) groups excluding carboxylic acids is 2. The fourth-order valence-electron chi connectivity index (χ4n) is 3.61. The standard InChI is InChI=1S/C26H32BrN5O3S/c1-6-32-22(13-28-23(33)14-35-21-9-7-19(8-10-21)16(2)3)30-31-26(32)36-15-24(34)29-25-17(4)11-20(27)12-18(25)5/h7-12,16H,6,13-15H2,1-5H3,(H,28,33)(H,29,34). The van der Waals surface area contributed by atoms with Crippen LogP contribution in [-0.2, 0) is 22.7 Å². The Bertz CT molecular complexity index is 1190. The number of aromatic nitrogens is 3. The van der Waals surface area contributed by atoms with Crippen LogP contribution in [0.1, 0.15) is 49.2 Å². The molecule has 0 fully saturated rings. The van der Waals surface area contributed by atoms with Gasteiger partial charge >= 0.3 is 0 Å². The normalized spacial score (nSPS) is 11.0. The summed E-state index contributed by atoms with van der Waals surface area (Å²) in [5.74, 6) is 1.54. The largest absolute Gasteiger partial charge is 0.484 e. The first-order chi connectivity index (χ1) is 17.2. The minimum atomic E-state index is -0.248. The monoisotopic (exact) mass is 573 g/mol. The molecule has 0 saturated carbocycles. The van der Waals surface area contributed by atoms with Gasteiger partial charge in [0, 0.05) is 16.7 Å². The molecule has 0 spiro atoms. The number of benzene rings is 2. The van der Waals surface area contributed by atoms with Gasteiger partial charge in [0.1, 0.15) is 5.75 Å². The lowest BCUT2D eigenvalue weighted by molar-refractivity contribution is -0.123. The molecule has 0 bridgehead atoms. The van der Waals surface area contributed by atoms with Crippen LogP contribution < -0.4 is 15.4 Å². The predicted octanol–water partition coefficient (Wildman–Crippen LogP) is 5.23. The highest BCUT2D eigenvalue weighted by atomic mass is 79.9. The van der Waals surface area contributed by atoms with E-state index in [1.807, 2.05) is 61.7 Å². The van der Waals surface area contributed by atoms with Crippen molar-refractivity contribution in [2.45, 2.75) is 58.8 Å². The zero-order valence-electron chi connectivity index (χ0n) is 21.2. The van der Waals surface area contributed by atoms with Crippen LogP contribution in [0.3, 0.4) is 0 Å². The second kappa shape index (κ2) is 12.9. The summed E-state index contributed by atoms with van der Waals surface area (Å²) in [4.78, 5) is 24.8. The van der Waals surface area contributed by atoms with Crippen LogP contribution in [0.15, 0.2) is 46.0 Å². The van der Waals surface area contributed by atoms with E-state index in [1.54, 1.807) is 0 Å². The highest BCUT2D eigenvalue weighted by molar-refractivity contribution is 9.10. The van der Waals surface area contributed by atoms with Crippen molar-refractivity contribution in [3.05, 3.63) is 63.4 Å². The molecule has 0 radical (unpaired) electrons. The molecule has 192 valence electrons. The molecule has 1 aromatic heterocycles. The Labute approximate surface area is 224 Å². The van der Waals surface area contributed by atoms with Crippen LogP contribution >= 0.6 is 27.7 Å². The molecule has 2 amide bonds. The van der Waals surface area contributed by atoms with E-state index in [1.165, 1.54) is 17.3 Å². The Balaban J connectivity index is 1.49. The van der Waals surface area contributed by atoms with E-state index in [4.69, 9.17) is 4.74 Å². The Kier molecular flexibility index (Phi) is 9.95. The van der Waals surface area contributed by atoms with Crippen LogP contribution in [-0.4, -0.2) is 38.9 Å². The van der Waals surface area contributed by atoms with E-state index in [9.17, 15) is 9.59 Å². The summed E-state index contributed by atoms with van der Waals surface area (Å²) in [6.07, 6.45) is 0. The number of hydrogen-bond donors (Lipinski definition) is 2. The Hall–Kier alpha value is -2.85. The maximum absolute atomic E-state index is 12.6. The summed E-state index contributed by atoms with van der Waals surface area (Å²) in [5, 5.41) is 14.9. The van der Waals surface area contributed by atoms with E-state index in [2.05, 4.69) is 50.6 Å². The van der Waals surface area contributed by atoms with Gasteiger partial charge in [0.15, 0.2) is 17.6 Å². The predicted molar refractivity (Wildman–Crippen MR) is 147 cm³/mol. The summed E-state index contributed by atoms with van der Waals surface area (Å²) < 4.78 is 8.45. The first-order valence-electron chi connectivity index (χ1n) is 11.8. The number of thioether (sulfide) groups is 1. The molecule has 0 atom stereocenters. The molecule has 0 aliphatic heterocycles. The van der Waals surface area contributed by atoms with Crippen LogP contribution in [0.2, 0.25) is 0 Å². The van der Waals surface area contributed by atoms with Gasteiger partial charge in [0.2, 0.25) is 5.91 Å². The summed E-state index contributed by atoms with van der Waals surface area (Å²) in [6, 6.07) is 11.7. The summed E-state index contributed by atoms with van der Waals surface area (Å²) >= 11 is 4.78. The van der Waals surface area contributed by atoms with E-state index in [0.29, 0.717) is 29.2 Å². The zero-order valence-corrected chi connectivity index (χ0v) is 23.6. The second-order valence-corrected chi connectivity index (χ2v) is 10.5. The number of hydrogen-bond acceptors (Lipinski definition) is 6. The third-order valence-corrected chi connectivity index (χ3v) is 6.99. The van der Waals surface area contributed by atoms with Gasteiger partial charge in [0.25, 0.3) is 5.91 Å². The number of nitrogens with zero attached hydrogens (tertiary/aromatic N) is 3. The van der Waals surface area contributed by atoms with Crippen LogP contribution in [0, 0.1) is 13.8 Å². The third kappa shape index (κ3) is 7.57. The first kappa shape index (κ1) is 27.7. The van der Waals surface area contributed by atoms with Crippen molar-refractivity contribution in [1.29, 1.82) is 0 Å². The van der Waals surface area contributed by atoms with Crippen molar-refractivity contribution in [2.24, 2.45) is 0 Å². The summed E-state index contributed by atoms with van der Waals surface area (Å²) in [6.45, 7) is 10.9. The van der Waals surface area contributed by atoms with Gasteiger partial charge in [-0.3, -0.25) is 9.59 Å². The van der Waals surface area contributed by atoms with Crippen LogP contribution in [0.25, 0.3) is 0 Å². The lowest BCUT2D eigenvalue weighted by Crippen LogP contribution is -2.29. The van der Waals surface area contributed by atoms with Crippen molar-refractivity contribution in [3.8, 4) is 5.75 Å². The van der Waals surface area contributed by atoms with Gasteiger partial charge in [-0.25, -0.2) is 0 Å². The fourth-order valence-corrected chi connectivity index (χ4v) is 5.12. The molecule has 2 N–H and O–H groups in total. The molecule has 3 aromatic rings. The van der Waals surface area contributed by atoms with Gasteiger partial charge in [0.05, 0.1) is 12.3 Å². The van der Waals surface area contributed by atoms with Crippen molar-refractivity contribution < 1.29 is 14.3 Å². The number of ether oxygens (including phenoxy) is 1. The first-order valence-corrected chi connectivity index (χ1v) is 13.6. The smallest absolute Gasteiger partial charge is 0.258 e. The average molecular weight is 575 g/mol. The minimum absolute atomic E-state index is 0.0854. The lowest BCUT2D eigenvalue weighted by Gasteiger charge is -2.12. The van der Waals surface area contributed by atoms with E-state index < -0.39 is 0 Å². The zero-order chi connectivity index (χ0) is 26.2. The van der Waals surface area contributed by atoms with E-state index >= 15 is 0 Å².